The lowest BCUT2D eigenvalue weighted by Gasteiger charge is -2.11. The van der Waals surface area contributed by atoms with Crippen LogP contribution in [-0.2, 0) is 10.0 Å². The summed E-state index contributed by atoms with van der Waals surface area (Å²) >= 11 is 1.45. The fourth-order valence-corrected chi connectivity index (χ4v) is 4.04. The molecular formula is C16H13F2NO4S2. The van der Waals surface area contributed by atoms with Gasteiger partial charge in [0.2, 0.25) is 10.0 Å². The molecule has 132 valence electrons. The lowest BCUT2D eigenvalue weighted by Crippen LogP contribution is -2.29. The van der Waals surface area contributed by atoms with Crippen molar-refractivity contribution in [3.8, 4) is 10.6 Å². The fourth-order valence-electron chi connectivity index (χ4n) is 2.18. The summed E-state index contributed by atoms with van der Waals surface area (Å²) in [5.74, 6) is -1.74. The largest absolute Gasteiger partial charge is 0.457 e. The van der Waals surface area contributed by atoms with Crippen LogP contribution in [0.5, 0.6) is 0 Å². The Morgan fingerprint density at radius 3 is 2.48 bits per heavy atom. The molecule has 0 saturated carbocycles. The number of aliphatic hydroxyl groups excluding tert-OH is 1. The predicted molar refractivity (Wildman–Crippen MR) is 88.5 cm³/mol. The molecule has 0 bridgehead atoms. The lowest BCUT2D eigenvalue weighted by molar-refractivity contribution is 0.155. The standard InChI is InChI=1S/C16H13F2NO4S2/c17-10-3-1-4-11(18)16(10)25(21,22)19-9-12(20)13-6-7-14(23-13)15-5-2-8-24-15/h1-8,12,19-20H,9H2. The summed E-state index contributed by atoms with van der Waals surface area (Å²) in [6.07, 6.45) is -1.31. The smallest absolute Gasteiger partial charge is 0.246 e. The van der Waals surface area contributed by atoms with E-state index in [0.717, 1.165) is 23.1 Å². The van der Waals surface area contributed by atoms with Gasteiger partial charge in [0.05, 0.1) is 4.88 Å². The Kier molecular flexibility index (Phi) is 5.00. The molecule has 2 heterocycles. The van der Waals surface area contributed by atoms with Gasteiger partial charge in [0.25, 0.3) is 0 Å². The molecule has 0 saturated heterocycles. The van der Waals surface area contributed by atoms with Gasteiger partial charge >= 0.3 is 0 Å². The number of furan rings is 1. The second-order valence-electron chi connectivity index (χ2n) is 5.10. The first-order chi connectivity index (χ1) is 11.9. The highest BCUT2D eigenvalue weighted by Gasteiger charge is 2.25. The number of nitrogens with one attached hydrogen (secondary N) is 1. The Morgan fingerprint density at radius 2 is 1.84 bits per heavy atom. The van der Waals surface area contributed by atoms with Crippen molar-refractivity contribution in [1.29, 1.82) is 0 Å². The van der Waals surface area contributed by atoms with Gasteiger partial charge in [-0.1, -0.05) is 12.1 Å². The highest BCUT2D eigenvalue weighted by Crippen LogP contribution is 2.28. The zero-order valence-electron chi connectivity index (χ0n) is 12.6. The van der Waals surface area contributed by atoms with Crippen LogP contribution in [0.4, 0.5) is 8.78 Å². The predicted octanol–water partition coefficient (Wildman–Crippen LogP) is 3.30. The number of hydrogen-bond donors (Lipinski definition) is 2. The molecular weight excluding hydrogens is 372 g/mol. The van der Waals surface area contributed by atoms with Gasteiger partial charge in [-0.2, -0.15) is 0 Å². The summed E-state index contributed by atoms with van der Waals surface area (Å²) in [4.78, 5) is -0.228. The second kappa shape index (κ2) is 7.04. The Balaban J connectivity index is 1.73. The minimum absolute atomic E-state index is 0.139. The molecule has 0 radical (unpaired) electrons. The van der Waals surface area contributed by atoms with Crippen LogP contribution >= 0.6 is 11.3 Å². The highest BCUT2D eigenvalue weighted by atomic mass is 32.2. The Bertz CT molecular complexity index is 948. The van der Waals surface area contributed by atoms with Gasteiger partial charge in [0, 0.05) is 6.54 Å². The van der Waals surface area contributed by atoms with Crippen molar-refractivity contribution in [2.45, 2.75) is 11.0 Å². The average Bonchev–Trinajstić information content (AvgIpc) is 3.23. The van der Waals surface area contributed by atoms with E-state index >= 15 is 0 Å². The number of rotatable bonds is 6. The maximum absolute atomic E-state index is 13.6. The lowest BCUT2D eigenvalue weighted by atomic mass is 10.3. The number of sulfonamides is 1. The van der Waals surface area contributed by atoms with Crippen LogP contribution in [0.25, 0.3) is 10.6 Å². The molecule has 9 heteroatoms. The minimum Gasteiger partial charge on any atom is -0.457 e. The van der Waals surface area contributed by atoms with E-state index < -0.39 is 39.2 Å². The van der Waals surface area contributed by atoms with Crippen LogP contribution in [0.2, 0.25) is 0 Å². The van der Waals surface area contributed by atoms with E-state index in [0.29, 0.717) is 5.76 Å². The summed E-state index contributed by atoms with van der Waals surface area (Å²) in [5.41, 5.74) is 0. The van der Waals surface area contributed by atoms with Crippen molar-refractivity contribution >= 4 is 21.4 Å². The number of halogens is 2. The van der Waals surface area contributed by atoms with Gasteiger partial charge in [0.1, 0.15) is 29.3 Å². The van der Waals surface area contributed by atoms with Crippen LogP contribution in [0.3, 0.4) is 0 Å². The second-order valence-corrected chi connectivity index (χ2v) is 7.75. The first-order valence-corrected chi connectivity index (χ1v) is 9.50. The number of thiophene rings is 1. The Labute approximate surface area is 146 Å². The molecule has 1 atom stereocenters. The molecule has 0 aliphatic heterocycles. The third-order valence-electron chi connectivity index (χ3n) is 3.37. The Morgan fingerprint density at radius 1 is 1.12 bits per heavy atom. The molecule has 1 unspecified atom stereocenters. The monoisotopic (exact) mass is 385 g/mol. The van der Waals surface area contributed by atoms with Crippen LogP contribution in [0.1, 0.15) is 11.9 Å². The minimum atomic E-state index is -4.46. The van der Waals surface area contributed by atoms with Crippen LogP contribution in [0.15, 0.2) is 57.2 Å². The zero-order chi connectivity index (χ0) is 18.0. The molecule has 3 aromatic rings. The molecule has 0 aliphatic rings. The van der Waals surface area contributed by atoms with Crippen LogP contribution in [0, 0.1) is 11.6 Å². The first kappa shape index (κ1) is 17.7. The van der Waals surface area contributed by atoms with Crippen LogP contribution < -0.4 is 4.72 Å². The molecule has 0 fully saturated rings. The van der Waals surface area contributed by atoms with Gasteiger partial charge in [-0.25, -0.2) is 21.9 Å². The maximum Gasteiger partial charge on any atom is 0.246 e. The average molecular weight is 385 g/mol. The SMILES string of the molecule is O=S(=O)(NCC(O)c1ccc(-c2cccs2)o1)c1c(F)cccc1F. The fraction of sp³-hybridized carbons (Fsp3) is 0.125. The molecule has 1 aromatic carbocycles. The molecule has 3 rings (SSSR count). The molecule has 2 aromatic heterocycles. The molecule has 5 nitrogen and oxygen atoms in total. The Hall–Kier alpha value is -2.07. The molecule has 0 amide bonds. The normalized spacial score (nSPS) is 13.1. The van der Waals surface area contributed by atoms with Gasteiger partial charge in [-0.3, -0.25) is 0 Å². The zero-order valence-corrected chi connectivity index (χ0v) is 14.3. The maximum atomic E-state index is 13.6. The van der Waals surface area contributed by atoms with Crippen molar-refractivity contribution in [3.05, 3.63) is 65.2 Å². The van der Waals surface area contributed by atoms with Gasteiger partial charge in [0.15, 0.2) is 4.90 Å². The van der Waals surface area contributed by atoms with E-state index in [1.807, 2.05) is 22.2 Å². The number of aliphatic hydroxyl groups is 1. The van der Waals surface area contributed by atoms with Gasteiger partial charge in [-0.05, 0) is 35.7 Å². The van der Waals surface area contributed by atoms with Crippen LogP contribution in [-0.4, -0.2) is 20.1 Å². The van der Waals surface area contributed by atoms with E-state index in [4.69, 9.17) is 4.42 Å². The molecule has 0 aliphatic carbocycles. The van der Waals surface area contributed by atoms with Gasteiger partial charge < -0.3 is 9.52 Å². The number of hydrogen-bond acceptors (Lipinski definition) is 5. The topological polar surface area (TPSA) is 79.5 Å². The van der Waals surface area contributed by atoms with E-state index in [1.54, 1.807) is 6.07 Å². The van der Waals surface area contributed by atoms with E-state index in [2.05, 4.69) is 0 Å². The quantitative estimate of drug-likeness (QED) is 0.682. The van der Waals surface area contributed by atoms with Crippen molar-refractivity contribution in [2.24, 2.45) is 0 Å². The number of benzene rings is 1. The van der Waals surface area contributed by atoms with Gasteiger partial charge in [-0.15, -0.1) is 11.3 Å². The summed E-state index contributed by atoms with van der Waals surface area (Å²) in [5, 5.41) is 11.9. The van der Waals surface area contributed by atoms with Crippen molar-refractivity contribution in [2.75, 3.05) is 6.54 Å². The summed E-state index contributed by atoms with van der Waals surface area (Å²) in [7, 11) is -4.46. The van der Waals surface area contributed by atoms with Crippen molar-refractivity contribution in [1.82, 2.24) is 4.72 Å². The molecule has 0 spiro atoms. The third-order valence-corrected chi connectivity index (χ3v) is 5.73. The van der Waals surface area contributed by atoms with E-state index in [9.17, 15) is 22.3 Å². The highest BCUT2D eigenvalue weighted by molar-refractivity contribution is 7.89. The van der Waals surface area contributed by atoms with E-state index in [-0.39, 0.29) is 5.76 Å². The van der Waals surface area contributed by atoms with Crippen molar-refractivity contribution < 1.29 is 26.7 Å². The van der Waals surface area contributed by atoms with E-state index in [1.165, 1.54) is 17.4 Å². The summed E-state index contributed by atoms with van der Waals surface area (Å²) in [6, 6.07) is 9.58. The molecule has 25 heavy (non-hydrogen) atoms. The summed E-state index contributed by atoms with van der Waals surface area (Å²) in [6.45, 7) is -0.493. The van der Waals surface area contributed by atoms with Crippen molar-refractivity contribution in [3.63, 3.8) is 0 Å². The molecule has 2 N–H and O–H groups in total. The first-order valence-electron chi connectivity index (χ1n) is 7.14. The third kappa shape index (κ3) is 3.79. The summed E-state index contributed by atoms with van der Waals surface area (Å²) < 4.78 is 58.8.